The first-order valence-electron chi connectivity index (χ1n) is 9.15. The summed E-state index contributed by atoms with van der Waals surface area (Å²) in [6, 6.07) is 18.4. The number of amides is 1. The van der Waals surface area contributed by atoms with Gasteiger partial charge in [-0.3, -0.25) is 4.79 Å². The van der Waals surface area contributed by atoms with Crippen molar-refractivity contribution in [1.29, 1.82) is 5.26 Å². The van der Waals surface area contributed by atoms with E-state index in [4.69, 9.17) is 0 Å². The second-order valence-electron chi connectivity index (χ2n) is 6.83. The highest BCUT2D eigenvalue weighted by Crippen LogP contribution is 2.34. The lowest BCUT2D eigenvalue weighted by Crippen LogP contribution is -2.25. The van der Waals surface area contributed by atoms with Crippen LogP contribution in [0.3, 0.4) is 0 Å². The topological polar surface area (TPSA) is 57.8 Å². The molecule has 0 saturated heterocycles. The minimum Gasteiger partial charge on any atom is -0.349 e. The molecule has 0 unspecified atom stereocenters. The van der Waals surface area contributed by atoms with Crippen LogP contribution in [0, 0.1) is 11.3 Å². The van der Waals surface area contributed by atoms with Crippen molar-refractivity contribution in [2.24, 2.45) is 0 Å². The van der Waals surface area contributed by atoms with Gasteiger partial charge in [-0.2, -0.15) is 5.26 Å². The molecule has 0 aliphatic heterocycles. The number of nitriles is 1. The Morgan fingerprint density at radius 3 is 2.58 bits per heavy atom. The number of nitrogens with one attached hydrogen (secondary N) is 1. The highest BCUT2D eigenvalue weighted by molar-refractivity contribution is 5.97. The molecule has 1 heterocycles. The summed E-state index contributed by atoms with van der Waals surface area (Å²) in [5, 5.41) is 13.8. The average molecular weight is 343 g/mol. The molecular formula is C22H21N3O. The molecule has 1 N–H and O–H groups in total. The van der Waals surface area contributed by atoms with Gasteiger partial charge in [-0.05, 0) is 43.0 Å². The Bertz CT molecular complexity index is 1000. The van der Waals surface area contributed by atoms with Gasteiger partial charge in [0.05, 0.1) is 11.3 Å². The summed E-state index contributed by atoms with van der Waals surface area (Å²) in [5.74, 6) is -0.0198. The van der Waals surface area contributed by atoms with E-state index >= 15 is 0 Å². The van der Waals surface area contributed by atoms with E-state index in [-0.39, 0.29) is 5.91 Å². The normalized spacial score (nSPS) is 13.5. The van der Waals surface area contributed by atoms with Gasteiger partial charge in [0.25, 0.3) is 5.91 Å². The van der Waals surface area contributed by atoms with E-state index in [2.05, 4.69) is 28.9 Å². The van der Waals surface area contributed by atoms with Crippen LogP contribution in [0.1, 0.15) is 42.1 Å². The van der Waals surface area contributed by atoms with Crippen molar-refractivity contribution in [1.82, 2.24) is 9.88 Å². The molecule has 1 aliphatic carbocycles. The number of nitrogens with zero attached hydrogens (tertiary/aromatic N) is 2. The van der Waals surface area contributed by atoms with Crippen LogP contribution in [-0.2, 0) is 6.54 Å². The minimum absolute atomic E-state index is 0.0198. The Kier molecular flexibility index (Phi) is 4.22. The first kappa shape index (κ1) is 16.4. The Morgan fingerprint density at radius 1 is 1.19 bits per heavy atom. The fourth-order valence-corrected chi connectivity index (χ4v) is 3.45. The molecule has 1 aliphatic rings. The standard InChI is InChI=1S/C22H21N3O/c1-2-13-25-20-6-4-3-5-18(20)19(14-23)21(25)15-7-9-16(10-8-15)22(26)24-17-11-12-17/h3-10,17H,2,11-13H2,1H3,(H,24,26). The quantitative estimate of drug-likeness (QED) is 0.742. The van der Waals surface area contributed by atoms with Crippen LogP contribution >= 0.6 is 0 Å². The summed E-state index contributed by atoms with van der Waals surface area (Å²) in [6.07, 6.45) is 3.14. The summed E-state index contributed by atoms with van der Waals surface area (Å²) in [5.41, 5.74) is 4.34. The third-order valence-electron chi connectivity index (χ3n) is 4.86. The molecule has 26 heavy (non-hydrogen) atoms. The molecule has 1 aromatic heterocycles. The van der Waals surface area contributed by atoms with E-state index < -0.39 is 0 Å². The molecule has 1 saturated carbocycles. The number of hydrogen-bond acceptors (Lipinski definition) is 2. The van der Waals surface area contributed by atoms with Crippen LogP contribution in [0.2, 0.25) is 0 Å². The van der Waals surface area contributed by atoms with E-state index in [9.17, 15) is 10.1 Å². The lowest BCUT2D eigenvalue weighted by atomic mass is 10.0. The van der Waals surface area contributed by atoms with Gasteiger partial charge in [-0.1, -0.05) is 37.3 Å². The molecule has 0 radical (unpaired) electrons. The van der Waals surface area contributed by atoms with Gasteiger partial charge < -0.3 is 9.88 Å². The number of aromatic nitrogens is 1. The molecule has 1 amide bonds. The van der Waals surface area contributed by atoms with E-state index in [0.717, 1.165) is 48.0 Å². The molecule has 0 bridgehead atoms. The van der Waals surface area contributed by atoms with Crippen LogP contribution in [0.4, 0.5) is 0 Å². The summed E-state index contributed by atoms with van der Waals surface area (Å²) >= 11 is 0. The Labute approximate surface area is 153 Å². The van der Waals surface area contributed by atoms with Gasteiger partial charge in [-0.15, -0.1) is 0 Å². The van der Waals surface area contributed by atoms with Crippen LogP contribution in [0.25, 0.3) is 22.2 Å². The van der Waals surface area contributed by atoms with Crippen LogP contribution in [-0.4, -0.2) is 16.5 Å². The van der Waals surface area contributed by atoms with E-state index in [1.165, 1.54) is 0 Å². The molecule has 4 rings (SSSR count). The summed E-state index contributed by atoms with van der Waals surface area (Å²) in [6.45, 7) is 2.98. The number of hydrogen-bond donors (Lipinski definition) is 1. The molecule has 0 atom stereocenters. The molecule has 2 aromatic carbocycles. The van der Waals surface area contributed by atoms with Gasteiger partial charge in [0.1, 0.15) is 6.07 Å². The van der Waals surface area contributed by atoms with E-state index in [1.54, 1.807) is 0 Å². The molecule has 1 fully saturated rings. The zero-order chi connectivity index (χ0) is 18.1. The fraction of sp³-hybridized carbons (Fsp3) is 0.273. The highest BCUT2D eigenvalue weighted by Gasteiger charge is 2.24. The van der Waals surface area contributed by atoms with Gasteiger partial charge in [0.15, 0.2) is 0 Å². The maximum absolute atomic E-state index is 12.2. The minimum atomic E-state index is -0.0198. The summed E-state index contributed by atoms with van der Waals surface area (Å²) in [7, 11) is 0. The second-order valence-corrected chi connectivity index (χ2v) is 6.83. The van der Waals surface area contributed by atoms with Crippen molar-refractivity contribution in [2.75, 3.05) is 0 Å². The highest BCUT2D eigenvalue weighted by atomic mass is 16.1. The number of aryl methyl sites for hydroxylation is 1. The largest absolute Gasteiger partial charge is 0.349 e. The SMILES string of the molecule is CCCn1c(-c2ccc(C(=O)NC3CC3)cc2)c(C#N)c2ccccc21. The van der Waals surface area contributed by atoms with Crippen molar-refractivity contribution < 1.29 is 4.79 Å². The average Bonchev–Trinajstić information content (AvgIpc) is 3.43. The van der Waals surface area contributed by atoms with Crippen molar-refractivity contribution in [3.05, 3.63) is 59.7 Å². The monoisotopic (exact) mass is 343 g/mol. The molecule has 130 valence electrons. The Morgan fingerprint density at radius 2 is 1.92 bits per heavy atom. The molecular weight excluding hydrogens is 322 g/mol. The Hall–Kier alpha value is -3.06. The van der Waals surface area contributed by atoms with Crippen molar-refractivity contribution in [3.8, 4) is 17.3 Å². The van der Waals surface area contributed by atoms with Crippen molar-refractivity contribution in [3.63, 3.8) is 0 Å². The summed E-state index contributed by atoms with van der Waals surface area (Å²) < 4.78 is 2.22. The number of fused-ring (bicyclic) bond motifs is 1. The van der Waals surface area contributed by atoms with Crippen LogP contribution < -0.4 is 5.32 Å². The van der Waals surface area contributed by atoms with Crippen LogP contribution in [0.5, 0.6) is 0 Å². The van der Waals surface area contributed by atoms with Gasteiger partial charge >= 0.3 is 0 Å². The van der Waals surface area contributed by atoms with Crippen molar-refractivity contribution >= 4 is 16.8 Å². The first-order chi connectivity index (χ1) is 12.7. The first-order valence-corrected chi connectivity index (χ1v) is 9.15. The fourth-order valence-electron chi connectivity index (χ4n) is 3.45. The third kappa shape index (κ3) is 2.86. The van der Waals surface area contributed by atoms with Gasteiger partial charge in [0, 0.05) is 29.1 Å². The zero-order valence-electron chi connectivity index (χ0n) is 14.8. The number of carbonyl (C=O) groups is 1. The lowest BCUT2D eigenvalue weighted by molar-refractivity contribution is 0.0951. The molecule has 4 heteroatoms. The number of para-hydroxylation sites is 1. The maximum Gasteiger partial charge on any atom is 0.251 e. The third-order valence-corrected chi connectivity index (χ3v) is 4.86. The molecule has 0 spiro atoms. The van der Waals surface area contributed by atoms with Gasteiger partial charge in [0.2, 0.25) is 0 Å². The number of rotatable bonds is 5. The zero-order valence-corrected chi connectivity index (χ0v) is 14.8. The maximum atomic E-state index is 12.2. The van der Waals surface area contributed by atoms with Crippen LogP contribution in [0.15, 0.2) is 48.5 Å². The Balaban J connectivity index is 1.79. The molecule has 4 nitrogen and oxygen atoms in total. The van der Waals surface area contributed by atoms with E-state index in [1.807, 2.05) is 42.5 Å². The second kappa shape index (κ2) is 6.68. The molecule has 3 aromatic rings. The summed E-state index contributed by atoms with van der Waals surface area (Å²) in [4.78, 5) is 12.2. The smallest absolute Gasteiger partial charge is 0.251 e. The predicted octanol–water partition coefficient (Wildman–Crippen LogP) is 4.48. The predicted molar refractivity (Wildman–Crippen MR) is 103 cm³/mol. The number of benzene rings is 2. The van der Waals surface area contributed by atoms with Crippen molar-refractivity contribution in [2.45, 2.75) is 38.8 Å². The van der Waals surface area contributed by atoms with Gasteiger partial charge in [-0.25, -0.2) is 0 Å². The van der Waals surface area contributed by atoms with E-state index in [0.29, 0.717) is 17.2 Å². The lowest BCUT2D eigenvalue weighted by Gasteiger charge is -2.11. The number of carbonyl (C=O) groups excluding carboxylic acids is 1.